The quantitative estimate of drug-likeness (QED) is 0.531. The molecule has 0 saturated heterocycles. The minimum absolute atomic E-state index is 0.0494. The Hall–Kier alpha value is -2.15. The first-order chi connectivity index (χ1) is 14.5. The Bertz CT molecular complexity index is 873. The van der Waals surface area contributed by atoms with Gasteiger partial charge in [0.05, 0.1) is 24.0 Å². The van der Waals surface area contributed by atoms with Crippen LogP contribution < -0.4 is 5.32 Å². The Morgan fingerprint density at radius 3 is 2.43 bits per heavy atom. The number of carboxylic acid groups (broad SMARTS) is 1. The van der Waals surface area contributed by atoms with Gasteiger partial charge in [-0.3, -0.25) is 9.59 Å². The second-order valence-electron chi connectivity index (χ2n) is 8.52. The molecule has 1 heterocycles. The Labute approximate surface area is 180 Å². The SMILES string of the molecule is CCOC(=O)c1c(NC(=O)[C@@H]2[C@@H](C(=O)O)[C@H]3C=C[C@H]2C3)sc2c1CCCCCCC2. The molecule has 162 valence electrons. The first kappa shape index (κ1) is 21.1. The summed E-state index contributed by atoms with van der Waals surface area (Å²) in [5.41, 5.74) is 1.50. The van der Waals surface area contributed by atoms with Crippen molar-refractivity contribution < 1.29 is 24.2 Å². The molecule has 6 nitrogen and oxygen atoms in total. The summed E-state index contributed by atoms with van der Waals surface area (Å²) in [6, 6.07) is 0. The molecule has 1 saturated carbocycles. The number of nitrogens with one attached hydrogen (secondary N) is 1. The average molecular weight is 432 g/mol. The highest BCUT2D eigenvalue weighted by Gasteiger charge is 2.51. The average Bonchev–Trinajstić information content (AvgIpc) is 3.40. The summed E-state index contributed by atoms with van der Waals surface area (Å²) in [6.45, 7) is 2.05. The third-order valence-electron chi connectivity index (χ3n) is 6.68. The maximum atomic E-state index is 13.2. The molecular formula is C23H29NO5S. The molecule has 0 aromatic carbocycles. The Kier molecular flexibility index (Phi) is 6.27. The van der Waals surface area contributed by atoms with Gasteiger partial charge in [-0.2, -0.15) is 0 Å². The predicted molar refractivity (Wildman–Crippen MR) is 115 cm³/mol. The zero-order chi connectivity index (χ0) is 21.3. The van der Waals surface area contributed by atoms with Crippen LogP contribution in [-0.4, -0.2) is 29.6 Å². The van der Waals surface area contributed by atoms with Crippen LogP contribution in [0.3, 0.4) is 0 Å². The van der Waals surface area contributed by atoms with E-state index >= 15 is 0 Å². The van der Waals surface area contributed by atoms with E-state index < -0.39 is 23.8 Å². The lowest BCUT2D eigenvalue weighted by atomic mass is 9.82. The van der Waals surface area contributed by atoms with Gasteiger partial charge >= 0.3 is 11.9 Å². The van der Waals surface area contributed by atoms with E-state index in [-0.39, 0.29) is 24.3 Å². The number of allylic oxidation sites excluding steroid dienone is 2. The van der Waals surface area contributed by atoms with Gasteiger partial charge in [0.25, 0.3) is 0 Å². The molecule has 7 heteroatoms. The van der Waals surface area contributed by atoms with Crippen molar-refractivity contribution in [1.29, 1.82) is 0 Å². The normalized spacial score (nSPS) is 27.6. The van der Waals surface area contributed by atoms with Gasteiger partial charge in [0.1, 0.15) is 5.00 Å². The van der Waals surface area contributed by atoms with Crippen molar-refractivity contribution in [3.8, 4) is 0 Å². The molecular weight excluding hydrogens is 402 g/mol. The van der Waals surface area contributed by atoms with E-state index in [4.69, 9.17) is 4.74 Å². The van der Waals surface area contributed by atoms with Crippen LogP contribution in [-0.2, 0) is 27.2 Å². The number of aryl methyl sites for hydroxylation is 1. The van der Waals surface area contributed by atoms with E-state index in [0.29, 0.717) is 17.0 Å². The van der Waals surface area contributed by atoms with Gasteiger partial charge < -0.3 is 15.2 Å². The molecule has 2 bridgehead atoms. The number of thiophene rings is 1. The lowest BCUT2D eigenvalue weighted by Crippen LogP contribution is -2.36. The van der Waals surface area contributed by atoms with Gasteiger partial charge in [0.15, 0.2) is 0 Å². The van der Waals surface area contributed by atoms with Crippen LogP contribution in [0.25, 0.3) is 0 Å². The van der Waals surface area contributed by atoms with Crippen LogP contribution in [0, 0.1) is 23.7 Å². The Balaban J connectivity index is 1.64. The molecule has 0 spiro atoms. The molecule has 2 N–H and O–H groups in total. The highest BCUT2D eigenvalue weighted by molar-refractivity contribution is 7.17. The van der Waals surface area contributed by atoms with Crippen LogP contribution in [0.2, 0.25) is 0 Å². The number of ether oxygens (including phenoxy) is 1. The first-order valence-electron chi connectivity index (χ1n) is 11.0. The molecule has 1 fully saturated rings. The lowest BCUT2D eigenvalue weighted by Gasteiger charge is -2.23. The summed E-state index contributed by atoms with van der Waals surface area (Å²) in [5.74, 6) is -3.04. The van der Waals surface area contributed by atoms with Gasteiger partial charge in [-0.15, -0.1) is 11.3 Å². The summed E-state index contributed by atoms with van der Waals surface area (Å²) >= 11 is 1.47. The number of carbonyl (C=O) groups excluding carboxylic acids is 2. The van der Waals surface area contributed by atoms with Gasteiger partial charge in [-0.25, -0.2) is 4.79 Å². The minimum atomic E-state index is -0.924. The van der Waals surface area contributed by atoms with Crippen LogP contribution in [0.15, 0.2) is 12.2 Å². The molecule has 30 heavy (non-hydrogen) atoms. The van der Waals surface area contributed by atoms with Gasteiger partial charge in [-0.05, 0) is 56.4 Å². The molecule has 0 unspecified atom stereocenters. The molecule has 0 aliphatic heterocycles. The monoisotopic (exact) mass is 431 g/mol. The molecule has 3 aliphatic rings. The number of aliphatic carboxylic acids is 1. The fourth-order valence-corrected chi connectivity index (χ4v) is 6.60. The second-order valence-corrected chi connectivity index (χ2v) is 9.63. The van der Waals surface area contributed by atoms with Crippen LogP contribution in [0.4, 0.5) is 5.00 Å². The van der Waals surface area contributed by atoms with Crippen LogP contribution in [0.1, 0.15) is 66.2 Å². The fourth-order valence-electron chi connectivity index (χ4n) is 5.32. The summed E-state index contributed by atoms with van der Waals surface area (Å²) in [7, 11) is 0. The highest BCUT2D eigenvalue weighted by Crippen LogP contribution is 2.49. The number of hydrogen-bond acceptors (Lipinski definition) is 5. The van der Waals surface area contributed by atoms with Crippen molar-refractivity contribution in [3.05, 3.63) is 28.2 Å². The molecule has 3 aliphatic carbocycles. The third kappa shape index (κ3) is 3.92. The number of rotatable bonds is 5. The van der Waals surface area contributed by atoms with E-state index in [9.17, 15) is 19.5 Å². The smallest absolute Gasteiger partial charge is 0.341 e. The third-order valence-corrected chi connectivity index (χ3v) is 7.89. The Morgan fingerprint density at radius 2 is 1.73 bits per heavy atom. The van der Waals surface area contributed by atoms with Crippen molar-refractivity contribution in [2.24, 2.45) is 23.7 Å². The largest absolute Gasteiger partial charge is 0.481 e. The molecule has 4 atom stereocenters. The number of esters is 1. The van der Waals surface area contributed by atoms with Crippen molar-refractivity contribution in [2.75, 3.05) is 11.9 Å². The van der Waals surface area contributed by atoms with Gasteiger partial charge in [0.2, 0.25) is 5.91 Å². The highest BCUT2D eigenvalue weighted by atomic mass is 32.1. The van der Waals surface area contributed by atoms with Crippen molar-refractivity contribution in [3.63, 3.8) is 0 Å². The number of fused-ring (bicyclic) bond motifs is 3. The maximum absolute atomic E-state index is 13.2. The Morgan fingerprint density at radius 1 is 1.07 bits per heavy atom. The maximum Gasteiger partial charge on any atom is 0.341 e. The van der Waals surface area contributed by atoms with Crippen molar-refractivity contribution in [2.45, 2.75) is 58.3 Å². The zero-order valence-electron chi connectivity index (χ0n) is 17.3. The number of anilines is 1. The summed E-state index contributed by atoms with van der Waals surface area (Å²) in [5, 5.41) is 13.2. The standard InChI is InChI=1S/C23H29NO5S/c1-2-29-23(28)19-15-8-6-4-3-5-7-9-16(15)30-21(19)24-20(25)17-13-10-11-14(12-13)18(17)22(26)27/h10-11,13-14,17-18H,2-9,12H2,1H3,(H,24,25)(H,26,27)/t13-,14-,17-,18-/m0/s1. The van der Waals surface area contributed by atoms with Crippen molar-refractivity contribution in [1.82, 2.24) is 0 Å². The number of carbonyl (C=O) groups is 3. The van der Waals surface area contributed by atoms with E-state index in [1.54, 1.807) is 6.92 Å². The summed E-state index contributed by atoms with van der Waals surface area (Å²) in [6.07, 6.45) is 11.9. The lowest BCUT2D eigenvalue weighted by molar-refractivity contribution is -0.146. The minimum Gasteiger partial charge on any atom is -0.481 e. The molecule has 1 amide bonds. The van der Waals surface area contributed by atoms with Crippen LogP contribution >= 0.6 is 11.3 Å². The van der Waals surface area contributed by atoms with Gasteiger partial charge in [-0.1, -0.05) is 31.4 Å². The predicted octanol–water partition coefficient (Wildman–Crippen LogP) is 4.44. The van der Waals surface area contributed by atoms with E-state index in [2.05, 4.69) is 5.32 Å². The second kappa shape index (κ2) is 8.92. The molecule has 0 radical (unpaired) electrons. The number of amides is 1. The topological polar surface area (TPSA) is 92.7 Å². The summed E-state index contributed by atoms with van der Waals surface area (Å²) in [4.78, 5) is 39.0. The van der Waals surface area contributed by atoms with E-state index in [1.807, 2.05) is 12.2 Å². The van der Waals surface area contributed by atoms with Crippen LogP contribution in [0.5, 0.6) is 0 Å². The number of hydrogen-bond donors (Lipinski definition) is 2. The molecule has 1 aromatic rings. The number of carboxylic acids is 1. The molecule has 4 rings (SSSR count). The molecule has 1 aromatic heterocycles. The van der Waals surface area contributed by atoms with E-state index in [0.717, 1.165) is 42.5 Å². The van der Waals surface area contributed by atoms with Gasteiger partial charge in [0, 0.05) is 4.88 Å². The fraction of sp³-hybridized carbons (Fsp3) is 0.609. The summed E-state index contributed by atoms with van der Waals surface area (Å²) < 4.78 is 5.32. The van der Waals surface area contributed by atoms with Crippen molar-refractivity contribution >= 4 is 34.2 Å². The first-order valence-corrected chi connectivity index (χ1v) is 11.9. The zero-order valence-corrected chi connectivity index (χ0v) is 18.1. The van der Waals surface area contributed by atoms with E-state index in [1.165, 1.54) is 24.2 Å².